The molecule has 0 aliphatic heterocycles. The first-order valence-corrected chi connectivity index (χ1v) is 8.40. The molecule has 0 saturated carbocycles. The average Bonchev–Trinajstić information content (AvgIpc) is 2.33. The van der Waals surface area contributed by atoms with Crippen LogP contribution in [0, 0.1) is 0 Å². The van der Waals surface area contributed by atoms with E-state index >= 15 is 0 Å². The molecule has 0 radical (unpaired) electrons. The predicted octanol–water partition coefficient (Wildman–Crippen LogP) is 4.23. The van der Waals surface area contributed by atoms with Gasteiger partial charge >= 0.3 is 0 Å². The molecule has 0 spiro atoms. The van der Waals surface area contributed by atoms with Gasteiger partial charge in [-0.1, -0.05) is 27.7 Å². The van der Waals surface area contributed by atoms with Crippen molar-refractivity contribution in [3.8, 4) is 0 Å². The van der Waals surface area contributed by atoms with Crippen LogP contribution in [0.5, 0.6) is 0 Å². The summed E-state index contributed by atoms with van der Waals surface area (Å²) in [7, 11) is -0.709. The quantitative estimate of drug-likeness (QED) is 0.492. The van der Waals surface area contributed by atoms with Gasteiger partial charge in [-0.25, -0.2) is 0 Å². The summed E-state index contributed by atoms with van der Waals surface area (Å²) in [6.07, 6.45) is 5.50. The Kier molecular flexibility index (Phi) is 13.0. The minimum Gasteiger partial charge on any atom is -0.333 e. The number of hydrogen-bond acceptors (Lipinski definition) is 3. The minimum absolute atomic E-state index is 0.709. The maximum Gasteiger partial charge on any atom is 0.185 e. The van der Waals surface area contributed by atoms with Crippen molar-refractivity contribution < 1.29 is 9.05 Å². The molecule has 0 aromatic carbocycles. The molecule has 0 heterocycles. The van der Waals surface area contributed by atoms with E-state index in [-0.39, 0.29) is 0 Å². The number of hydrogen-bond donors (Lipinski definition) is 0. The Morgan fingerprint density at radius 3 is 1.59 bits per heavy atom. The summed E-state index contributed by atoms with van der Waals surface area (Å²) >= 11 is 0. The van der Waals surface area contributed by atoms with E-state index in [0.29, 0.717) is 0 Å². The first-order valence-electron chi connectivity index (χ1n) is 7.04. The molecule has 0 bridgehead atoms. The Bertz CT molecular complexity index is 144. The Labute approximate surface area is 109 Å². The second kappa shape index (κ2) is 12.8. The molecule has 104 valence electrons. The van der Waals surface area contributed by atoms with Crippen LogP contribution in [0.1, 0.15) is 53.4 Å². The van der Waals surface area contributed by atoms with Gasteiger partial charge < -0.3 is 9.05 Å². The Hall–Kier alpha value is 0.310. The zero-order chi connectivity index (χ0) is 12.9. The van der Waals surface area contributed by atoms with Crippen LogP contribution in [0.2, 0.25) is 0 Å². The average molecular weight is 263 g/mol. The van der Waals surface area contributed by atoms with Gasteiger partial charge in [-0.3, -0.25) is 4.90 Å². The van der Waals surface area contributed by atoms with Gasteiger partial charge in [0, 0.05) is 0 Å². The maximum absolute atomic E-state index is 5.82. The van der Waals surface area contributed by atoms with Crippen molar-refractivity contribution in [1.82, 2.24) is 4.90 Å². The van der Waals surface area contributed by atoms with Crippen molar-refractivity contribution >= 4 is 8.38 Å². The lowest BCUT2D eigenvalue weighted by molar-refractivity contribution is 0.224. The van der Waals surface area contributed by atoms with Gasteiger partial charge in [0.15, 0.2) is 8.38 Å². The molecular weight excluding hydrogens is 233 g/mol. The molecule has 0 unspecified atom stereocenters. The van der Waals surface area contributed by atoms with Gasteiger partial charge in [0.1, 0.15) is 0 Å². The van der Waals surface area contributed by atoms with Crippen molar-refractivity contribution in [3.05, 3.63) is 0 Å². The normalized spacial score (nSPS) is 11.6. The minimum atomic E-state index is -0.709. The highest BCUT2D eigenvalue weighted by Crippen LogP contribution is 2.39. The molecule has 0 N–H and O–H groups in total. The van der Waals surface area contributed by atoms with Gasteiger partial charge in [0.05, 0.1) is 19.5 Å². The molecule has 0 saturated heterocycles. The Morgan fingerprint density at radius 1 is 0.765 bits per heavy atom. The molecule has 17 heavy (non-hydrogen) atoms. The molecule has 0 rings (SSSR count). The fourth-order valence-corrected chi connectivity index (χ4v) is 3.17. The SMILES string of the molecule is CCCOP(CN(CCC)CCC)OCCC. The van der Waals surface area contributed by atoms with Crippen LogP contribution in [-0.2, 0) is 9.05 Å². The lowest BCUT2D eigenvalue weighted by atomic mass is 10.4. The fraction of sp³-hybridized carbons (Fsp3) is 1.00. The lowest BCUT2D eigenvalue weighted by Gasteiger charge is -2.26. The second-order valence-corrected chi connectivity index (χ2v) is 5.72. The first-order chi connectivity index (χ1) is 8.28. The molecule has 0 amide bonds. The first kappa shape index (κ1) is 17.3. The Morgan fingerprint density at radius 2 is 1.24 bits per heavy atom. The van der Waals surface area contributed by atoms with Crippen LogP contribution in [-0.4, -0.2) is 37.5 Å². The summed E-state index contributed by atoms with van der Waals surface area (Å²) in [6, 6.07) is 0. The van der Waals surface area contributed by atoms with Gasteiger partial charge in [-0.15, -0.1) is 0 Å². The van der Waals surface area contributed by atoms with E-state index in [1.54, 1.807) is 0 Å². The second-order valence-electron chi connectivity index (χ2n) is 4.26. The summed E-state index contributed by atoms with van der Waals surface area (Å²) < 4.78 is 11.6. The number of rotatable bonds is 12. The van der Waals surface area contributed by atoms with E-state index in [2.05, 4.69) is 32.6 Å². The molecule has 4 heteroatoms. The smallest absolute Gasteiger partial charge is 0.185 e. The van der Waals surface area contributed by atoms with Gasteiger partial charge in [-0.2, -0.15) is 0 Å². The standard InChI is InChI=1S/C13H30NO2P/c1-5-9-14(10-6-2)13-17(15-11-7-3)16-12-8-4/h5-13H2,1-4H3. The molecule has 3 nitrogen and oxygen atoms in total. The van der Waals surface area contributed by atoms with Gasteiger partial charge in [-0.05, 0) is 38.8 Å². The van der Waals surface area contributed by atoms with Crippen LogP contribution in [0.25, 0.3) is 0 Å². The van der Waals surface area contributed by atoms with E-state index < -0.39 is 8.38 Å². The summed E-state index contributed by atoms with van der Waals surface area (Å²) in [5, 5.41) is 0. The van der Waals surface area contributed by atoms with E-state index in [0.717, 1.165) is 45.4 Å². The third-order valence-corrected chi connectivity index (χ3v) is 3.85. The van der Waals surface area contributed by atoms with Crippen molar-refractivity contribution in [2.24, 2.45) is 0 Å². The number of nitrogens with zero attached hydrogens (tertiary/aromatic N) is 1. The third-order valence-electron chi connectivity index (χ3n) is 2.27. The maximum atomic E-state index is 5.82. The van der Waals surface area contributed by atoms with Crippen LogP contribution in [0.3, 0.4) is 0 Å². The third kappa shape index (κ3) is 9.96. The molecule has 0 aliphatic rings. The lowest BCUT2D eigenvalue weighted by Crippen LogP contribution is -2.26. The predicted molar refractivity (Wildman–Crippen MR) is 76.4 cm³/mol. The molecule has 0 aromatic heterocycles. The van der Waals surface area contributed by atoms with Crippen molar-refractivity contribution in [3.63, 3.8) is 0 Å². The summed E-state index contributed by atoms with van der Waals surface area (Å²) in [5.74, 6) is 0. The molecule has 0 fully saturated rings. The summed E-state index contributed by atoms with van der Waals surface area (Å²) in [4.78, 5) is 2.47. The zero-order valence-electron chi connectivity index (χ0n) is 12.1. The van der Waals surface area contributed by atoms with Gasteiger partial charge in [0.2, 0.25) is 0 Å². The van der Waals surface area contributed by atoms with Crippen LogP contribution >= 0.6 is 8.38 Å². The van der Waals surface area contributed by atoms with Crippen molar-refractivity contribution in [1.29, 1.82) is 0 Å². The topological polar surface area (TPSA) is 21.7 Å². The molecular formula is C13H30NO2P. The molecule has 0 aromatic rings. The largest absolute Gasteiger partial charge is 0.333 e. The van der Waals surface area contributed by atoms with Crippen molar-refractivity contribution in [2.45, 2.75) is 53.4 Å². The van der Waals surface area contributed by atoms with E-state index in [4.69, 9.17) is 9.05 Å². The highest BCUT2D eigenvalue weighted by molar-refractivity contribution is 7.47. The highest BCUT2D eigenvalue weighted by Gasteiger charge is 2.14. The highest BCUT2D eigenvalue weighted by atomic mass is 31.2. The zero-order valence-corrected chi connectivity index (χ0v) is 13.0. The Balaban J connectivity index is 4.04. The molecule has 0 atom stereocenters. The van der Waals surface area contributed by atoms with Crippen LogP contribution in [0.15, 0.2) is 0 Å². The van der Waals surface area contributed by atoms with Gasteiger partial charge in [0.25, 0.3) is 0 Å². The monoisotopic (exact) mass is 263 g/mol. The summed E-state index contributed by atoms with van der Waals surface area (Å²) in [6.45, 7) is 12.7. The van der Waals surface area contributed by atoms with Crippen LogP contribution < -0.4 is 0 Å². The van der Waals surface area contributed by atoms with Crippen LogP contribution in [0.4, 0.5) is 0 Å². The van der Waals surface area contributed by atoms with E-state index in [1.807, 2.05) is 0 Å². The van der Waals surface area contributed by atoms with E-state index in [1.165, 1.54) is 12.8 Å². The van der Waals surface area contributed by atoms with Crippen molar-refractivity contribution in [2.75, 3.05) is 32.6 Å². The van der Waals surface area contributed by atoms with E-state index in [9.17, 15) is 0 Å². The molecule has 0 aliphatic carbocycles. The fourth-order valence-electron chi connectivity index (χ4n) is 1.55. The summed E-state index contributed by atoms with van der Waals surface area (Å²) in [5.41, 5.74) is 0.